The van der Waals surface area contributed by atoms with E-state index in [2.05, 4.69) is 15.9 Å². The van der Waals surface area contributed by atoms with Crippen molar-refractivity contribution in [3.05, 3.63) is 57.1 Å². The summed E-state index contributed by atoms with van der Waals surface area (Å²) in [6.45, 7) is 3.87. The van der Waals surface area contributed by atoms with Crippen molar-refractivity contribution in [1.82, 2.24) is 0 Å². The van der Waals surface area contributed by atoms with E-state index in [1.165, 1.54) is 0 Å². The van der Waals surface area contributed by atoms with Crippen molar-refractivity contribution in [2.75, 3.05) is 12.8 Å². The zero-order chi connectivity index (χ0) is 14.9. The lowest BCUT2D eigenvalue weighted by atomic mass is 9.95. The summed E-state index contributed by atoms with van der Waals surface area (Å²) in [6.07, 6.45) is 0. The molecule has 4 heteroatoms. The molecule has 20 heavy (non-hydrogen) atoms. The Morgan fingerprint density at radius 3 is 2.50 bits per heavy atom. The highest BCUT2D eigenvalue weighted by atomic mass is 79.9. The topological polar surface area (TPSA) is 52.3 Å². The van der Waals surface area contributed by atoms with Gasteiger partial charge in [0, 0.05) is 15.7 Å². The second-order valence-corrected chi connectivity index (χ2v) is 5.64. The summed E-state index contributed by atoms with van der Waals surface area (Å²) in [6, 6.07) is 9.07. The molecule has 0 atom stereocenters. The van der Waals surface area contributed by atoms with Gasteiger partial charge in [-0.25, -0.2) is 0 Å². The van der Waals surface area contributed by atoms with Crippen LogP contribution in [0.4, 0.5) is 5.69 Å². The van der Waals surface area contributed by atoms with E-state index < -0.39 is 0 Å². The van der Waals surface area contributed by atoms with E-state index in [0.29, 0.717) is 22.6 Å². The monoisotopic (exact) mass is 333 g/mol. The van der Waals surface area contributed by atoms with Crippen LogP contribution in [-0.4, -0.2) is 12.9 Å². The number of hydrogen-bond acceptors (Lipinski definition) is 3. The minimum absolute atomic E-state index is 0.121. The van der Waals surface area contributed by atoms with Crippen molar-refractivity contribution in [3.8, 4) is 5.75 Å². The maximum absolute atomic E-state index is 12.7. The first-order chi connectivity index (χ1) is 9.43. The largest absolute Gasteiger partial charge is 0.496 e. The molecule has 0 heterocycles. The van der Waals surface area contributed by atoms with E-state index in [4.69, 9.17) is 10.5 Å². The van der Waals surface area contributed by atoms with Crippen LogP contribution in [0.25, 0.3) is 0 Å². The van der Waals surface area contributed by atoms with E-state index in [1.54, 1.807) is 25.3 Å². The highest BCUT2D eigenvalue weighted by molar-refractivity contribution is 9.10. The maximum atomic E-state index is 12.7. The molecule has 0 fully saturated rings. The predicted octanol–water partition coefficient (Wildman–Crippen LogP) is 3.89. The molecule has 104 valence electrons. The summed E-state index contributed by atoms with van der Waals surface area (Å²) in [4.78, 5) is 12.7. The van der Waals surface area contributed by atoms with Crippen LogP contribution >= 0.6 is 15.9 Å². The van der Waals surface area contributed by atoms with Crippen LogP contribution in [0.5, 0.6) is 5.75 Å². The number of ether oxygens (including phenoxy) is 1. The minimum atomic E-state index is -0.121. The van der Waals surface area contributed by atoms with E-state index >= 15 is 0 Å². The number of benzene rings is 2. The Labute approximate surface area is 126 Å². The SMILES string of the molecule is COc1cc(C)cc(C)c1C(=O)c1ccc(Br)cc1N. The fraction of sp³-hybridized carbons (Fsp3) is 0.188. The normalized spacial score (nSPS) is 10.4. The lowest BCUT2D eigenvalue weighted by Crippen LogP contribution is -2.09. The smallest absolute Gasteiger partial charge is 0.199 e. The second kappa shape index (κ2) is 5.67. The Kier molecular flexibility index (Phi) is 4.14. The molecule has 0 saturated carbocycles. The third-order valence-electron chi connectivity index (χ3n) is 3.15. The van der Waals surface area contributed by atoms with Crippen molar-refractivity contribution in [3.63, 3.8) is 0 Å². The first-order valence-electron chi connectivity index (χ1n) is 6.19. The molecule has 0 amide bonds. The fourth-order valence-electron chi connectivity index (χ4n) is 2.26. The molecular formula is C16H16BrNO2. The van der Waals surface area contributed by atoms with Gasteiger partial charge in [0.05, 0.1) is 12.7 Å². The average molecular weight is 334 g/mol. The van der Waals surface area contributed by atoms with Crippen molar-refractivity contribution in [2.24, 2.45) is 0 Å². The summed E-state index contributed by atoms with van der Waals surface area (Å²) >= 11 is 3.34. The van der Waals surface area contributed by atoms with Gasteiger partial charge in [0.15, 0.2) is 5.78 Å². The molecule has 0 aromatic heterocycles. The third-order valence-corrected chi connectivity index (χ3v) is 3.64. The number of hydrogen-bond donors (Lipinski definition) is 1. The van der Waals surface area contributed by atoms with Gasteiger partial charge in [-0.3, -0.25) is 4.79 Å². The number of carbonyl (C=O) groups excluding carboxylic acids is 1. The lowest BCUT2D eigenvalue weighted by Gasteiger charge is -2.13. The zero-order valence-electron chi connectivity index (χ0n) is 11.7. The van der Waals surface area contributed by atoms with Gasteiger partial charge in [-0.15, -0.1) is 0 Å². The number of methoxy groups -OCH3 is 1. The first kappa shape index (κ1) is 14.6. The second-order valence-electron chi connectivity index (χ2n) is 4.72. The lowest BCUT2D eigenvalue weighted by molar-refractivity contribution is 0.103. The Morgan fingerprint density at radius 1 is 1.20 bits per heavy atom. The van der Waals surface area contributed by atoms with Crippen molar-refractivity contribution in [1.29, 1.82) is 0 Å². The number of carbonyl (C=O) groups is 1. The van der Waals surface area contributed by atoms with E-state index in [-0.39, 0.29) is 5.78 Å². The van der Waals surface area contributed by atoms with E-state index in [1.807, 2.05) is 26.0 Å². The number of rotatable bonds is 3. The fourth-order valence-corrected chi connectivity index (χ4v) is 2.63. The van der Waals surface area contributed by atoms with Crippen molar-refractivity contribution < 1.29 is 9.53 Å². The van der Waals surface area contributed by atoms with Gasteiger partial charge < -0.3 is 10.5 Å². The number of halogens is 1. The van der Waals surface area contributed by atoms with E-state index in [9.17, 15) is 4.79 Å². The highest BCUT2D eigenvalue weighted by Crippen LogP contribution is 2.29. The van der Waals surface area contributed by atoms with Gasteiger partial charge in [0.25, 0.3) is 0 Å². The number of aryl methyl sites for hydroxylation is 2. The summed E-state index contributed by atoms with van der Waals surface area (Å²) < 4.78 is 6.19. The van der Waals surface area contributed by atoms with E-state index in [0.717, 1.165) is 15.6 Å². The van der Waals surface area contributed by atoms with Crippen LogP contribution in [0.2, 0.25) is 0 Å². The van der Waals surface area contributed by atoms with Gasteiger partial charge in [-0.05, 0) is 49.2 Å². The van der Waals surface area contributed by atoms with Crippen LogP contribution in [0.1, 0.15) is 27.0 Å². The summed E-state index contributed by atoms with van der Waals surface area (Å²) in [7, 11) is 1.57. The average Bonchev–Trinajstić information content (AvgIpc) is 2.37. The molecule has 3 nitrogen and oxygen atoms in total. The van der Waals surface area contributed by atoms with Gasteiger partial charge in [-0.2, -0.15) is 0 Å². The molecule has 0 aliphatic rings. The molecule has 0 bridgehead atoms. The van der Waals surface area contributed by atoms with Gasteiger partial charge in [-0.1, -0.05) is 22.0 Å². The molecule has 2 aromatic rings. The predicted molar refractivity (Wildman–Crippen MR) is 84.5 cm³/mol. The first-order valence-corrected chi connectivity index (χ1v) is 6.98. The highest BCUT2D eigenvalue weighted by Gasteiger charge is 2.19. The molecule has 2 N–H and O–H groups in total. The van der Waals surface area contributed by atoms with Gasteiger partial charge in [0.1, 0.15) is 5.75 Å². The minimum Gasteiger partial charge on any atom is -0.496 e. The number of ketones is 1. The Bertz CT molecular complexity index is 680. The third kappa shape index (κ3) is 2.70. The summed E-state index contributed by atoms with van der Waals surface area (Å²) in [5, 5.41) is 0. The molecule has 0 unspecified atom stereocenters. The molecule has 2 rings (SSSR count). The van der Waals surface area contributed by atoms with Crippen LogP contribution in [0.3, 0.4) is 0 Å². The van der Waals surface area contributed by atoms with Crippen molar-refractivity contribution >= 4 is 27.4 Å². The van der Waals surface area contributed by atoms with Crippen molar-refractivity contribution in [2.45, 2.75) is 13.8 Å². The molecule has 0 saturated heterocycles. The number of nitrogens with two attached hydrogens (primary N) is 1. The van der Waals surface area contributed by atoms with Gasteiger partial charge >= 0.3 is 0 Å². The van der Waals surface area contributed by atoms with Crippen LogP contribution in [-0.2, 0) is 0 Å². The standard InChI is InChI=1S/C16H16BrNO2/c1-9-6-10(2)15(14(7-9)20-3)16(19)12-5-4-11(17)8-13(12)18/h4-8H,18H2,1-3H3. The molecule has 0 aliphatic carbocycles. The summed E-state index contributed by atoms with van der Waals surface area (Å²) in [5.74, 6) is 0.458. The number of nitrogen functional groups attached to an aromatic ring is 1. The quantitative estimate of drug-likeness (QED) is 0.684. The van der Waals surface area contributed by atoms with Crippen LogP contribution in [0.15, 0.2) is 34.8 Å². The molecule has 2 aromatic carbocycles. The van der Waals surface area contributed by atoms with Crippen LogP contribution in [0, 0.1) is 13.8 Å². The Morgan fingerprint density at radius 2 is 1.90 bits per heavy atom. The van der Waals surface area contributed by atoms with Gasteiger partial charge in [0.2, 0.25) is 0 Å². The maximum Gasteiger partial charge on any atom is 0.199 e. The molecule has 0 aliphatic heterocycles. The molecule has 0 spiro atoms. The number of anilines is 1. The molecular weight excluding hydrogens is 318 g/mol. The summed E-state index contributed by atoms with van der Waals surface area (Å²) in [5.41, 5.74) is 9.38. The Balaban J connectivity index is 2.59. The Hall–Kier alpha value is -1.81. The molecule has 0 radical (unpaired) electrons. The van der Waals surface area contributed by atoms with Crippen LogP contribution < -0.4 is 10.5 Å². The zero-order valence-corrected chi connectivity index (χ0v) is 13.2.